The minimum absolute atomic E-state index is 0.0982. The fourth-order valence-corrected chi connectivity index (χ4v) is 2.11. The Hall–Kier alpha value is -1.95. The van der Waals surface area contributed by atoms with E-state index in [0.717, 1.165) is 0 Å². The van der Waals surface area contributed by atoms with Crippen LogP contribution in [0.3, 0.4) is 0 Å². The first-order chi connectivity index (χ1) is 8.63. The van der Waals surface area contributed by atoms with Gasteiger partial charge in [0, 0.05) is 25.0 Å². The van der Waals surface area contributed by atoms with Gasteiger partial charge < -0.3 is 9.88 Å². The van der Waals surface area contributed by atoms with E-state index in [1.54, 1.807) is 12.3 Å². The summed E-state index contributed by atoms with van der Waals surface area (Å²) in [5, 5.41) is 2.99. The first-order valence-electron chi connectivity index (χ1n) is 5.50. The molecule has 0 saturated heterocycles. The number of nitrogens with one attached hydrogen (secondary N) is 1. The summed E-state index contributed by atoms with van der Waals surface area (Å²) in [5.74, 6) is 0.234. The summed E-state index contributed by atoms with van der Waals surface area (Å²) in [6, 6.07) is 1.81. The van der Waals surface area contributed by atoms with Gasteiger partial charge in [0.2, 0.25) is 5.28 Å². The fourth-order valence-electron chi connectivity index (χ4n) is 1.97. The standard InChI is InChI=1S/C11H10ClN5O/c1-6-4-17-5-8(15-9(17)10(18)14-6)7-2-3-13-11(12)16-7/h2-3,5-6H,4H2,1H3,(H,14,18)/t6-/m0/s1. The summed E-state index contributed by atoms with van der Waals surface area (Å²) < 4.78 is 1.83. The van der Waals surface area contributed by atoms with Gasteiger partial charge in [0.15, 0.2) is 5.82 Å². The second kappa shape index (κ2) is 4.06. The van der Waals surface area contributed by atoms with Crippen LogP contribution in [0, 0.1) is 0 Å². The van der Waals surface area contributed by atoms with Crippen molar-refractivity contribution in [1.29, 1.82) is 0 Å². The highest BCUT2D eigenvalue weighted by Crippen LogP contribution is 2.19. The SMILES string of the molecule is C[C@H]1Cn2cc(-c3ccnc(Cl)n3)nc2C(=O)N1. The Balaban J connectivity index is 2.06. The van der Waals surface area contributed by atoms with Crippen LogP contribution in [0.15, 0.2) is 18.5 Å². The Morgan fingerprint density at radius 1 is 1.44 bits per heavy atom. The number of halogens is 1. The topological polar surface area (TPSA) is 72.7 Å². The maximum atomic E-state index is 11.8. The molecule has 0 unspecified atom stereocenters. The number of nitrogens with zero attached hydrogens (tertiary/aromatic N) is 4. The lowest BCUT2D eigenvalue weighted by Crippen LogP contribution is -2.42. The van der Waals surface area contributed by atoms with Crippen molar-refractivity contribution < 1.29 is 4.79 Å². The van der Waals surface area contributed by atoms with Crippen LogP contribution >= 0.6 is 11.6 Å². The van der Waals surface area contributed by atoms with E-state index in [0.29, 0.717) is 23.8 Å². The molecule has 2 aromatic rings. The van der Waals surface area contributed by atoms with Crippen LogP contribution in [0.2, 0.25) is 5.28 Å². The zero-order valence-electron chi connectivity index (χ0n) is 9.59. The van der Waals surface area contributed by atoms with Crippen molar-refractivity contribution in [1.82, 2.24) is 24.8 Å². The van der Waals surface area contributed by atoms with E-state index in [1.165, 1.54) is 0 Å². The van der Waals surface area contributed by atoms with Gasteiger partial charge in [-0.15, -0.1) is 0 Å². The maximum Gasteiger partial charge on any atom is 0.287 e. The van der Waals surface area contributed by atoms with Crippen molar-refractivity contribution in [2.24, 2.45) is 0 Å². The minimum Gasteiger partial charge on any atom is -0.345 e. The second-order valence-corrected chi connectivity index (χ2v) is 4.53. The van der Waals surface area contributed by atoms with E-state index in [4.69, 9.17) is 11.6 Å². The lowest BCUT2D eigenvalue weighted by Gasteiger charge is -2.20. The molecule has 0 bridgehead atoms. The molecule has 1 aliphatic heterocycles. The van der Waals surface area contributed by atoms with Crippen LogP contribution in [-0.2, 0) is 6.54 Å². The van der Waals surface area contributed by atoms with Crippen molar-refractivity contribution in [2.45, 2.75) is 19.5 Å². The number of hydrogen-bond donors (Lipinski definition) is 1. The Labute approximate surface area is 108 Å². The van der Waals surface area contributed by atoms with Crippen LogP contribution < -0.4 is 5.32 Å². The molecule has 6 nitrogen and oxygen atoms in total. The van der Waals surface area contributed by atoms with Crippen molar-refractivity contribution in [2.75, 3.05) is 0 Å². The zero-order chi connectivity index (χ0) is 12.7. The molecule has 0 radical (unpaired) electrons. The molecular weight excluding hydrogens is 254 g/mol. The Bertz CT molecular complexity index is 624. The number of imidazole rings is 1. The summed E-state index contributed by atoms with van der Waals surface area (Å²) in [4.78, 5) is 23.9. The van der Waals surface area contributed by atoms with Crippen LogP contribution in [0.4, 0.5) is 0 Å². The Kier molecular flexibility index (Phi) is 2.52. The molecule has 7 heteroatoms. The highest BCUT2D eigenvalue weighted by Gasteiger charge is 2.24. The normalized spacial score (nSPS) is 18.3. The molecule has 92 valence electrons. The van der Waals surface area contributed by atoms with Crippen molar-refractivity contribution >= 4 is 17.5 Å². The fraction of sp³-hybridized carbons (Fsp3) is 0.273. The molecule has 0 saturated carbocycles. The van der Waals surface area contributed by atoms with Gasteiger partial charge in [0.1, 0.15) is 5.69 Å². The first-order valence-corrected chi connectivity index (χ1v) is 5.88. The predicted octanol–water partition coefficient (Wildman–Crippen LogP) is 1.13. The summed E-state index contributed by atoms with van der Waals surface area (Å²) in [6.45, 7) is 2.65. The second-order valence-electron chi connectivity index (χ2n) is 4.19. The van der Waals surface area contributed by atoms with Crippen molar-refractivity contribution in [3.05, 3.63) is 29.6 Å². The highest BCUT2D eigenvalue weighted by molar-refractivity contribution is 6.28. The summed E-state index contributed by atoms with van der Waals surface area (Å²) in [7, 11) is 0. The molecule has 0 aliphatic carbocycles. The number of fused-ring (bicyclic) bond motifs is 1. The Morgan fingerprint density at radius 3 is 3.06 bits per heavy atom. The van der Waals surface area contributed by atoms with Crippen LogP contribution in [0.25, 0.3) is 11.4 Å². The molecule has 1 aliphatic rings. The number of hydrogen-bond acceptors (Lipinski definition) is 4. The molecule has 0 fully saturated rings. The van der Waals surface area contributed by atoms with Crippen LogP contribution in [-0.4, -0.2) is 31.5 Å². The van der Waals surface area contributed by atoms with Gasteiger partial charge in [-0.3, -0.25) is 4.79 Å². The van der Waals surface area contributed by atoms with Crippen molar-refractivity contribution in [3.63, 3.8) is 0 Å². The van der Waals surface area contributed by atoms with Gasteiger partial charge in [-0.05, 0) is 24.6 Å². The molecule has 1 N–H and O–H groups in total. The van der Waals surface area contributed by atoms with E-state index in [1.807, 2.05) is 17.7 Å². The third-order valence-electron chi connectivity index (χ3n) is 2.72. The average molecular weight is 264 g/mol. The maximum absolute atomic E-state index is 11.8. The molecule has 3 heterocycles. The molecule has 0 aromatic carbocycles. The molecule has 3 rings (SSSR count). The third kappa shape index (κ3) is 1.84. The molecule has 18 heavy (non-hydrogen) atoms. The van der Waals surface area contributed by atoms with Gasteiger partial charge >= 0.3 is 0 Å². The molecule has 1 amide bonds. The average Bonchev–Trinajstić information content (AvgIpc) is 2.73. The number of carbonyl (C=O) groups excluding carboxylic acids is 1. The van der Waals surface area contributed by atoms with E-state index >= 15 is 0 Å². The molecule has 2 aromatic heterocycles. The van der Waals surface area contributed by atoms with Gasteiger partial charge in [0.25, 0.3) is 5.91 Å². The monoisotopic (exact) mass is 263 g/mol. The van der Waals surface area contributed by atoms with E-state index < -0.39 is 0 Å². The van der Waals surface area contributed by atoms with Crippen molar-refractivity contribution in [3.8, 4) is 11.4 Å². The number of carbonyl (C=O) groups is 1. The summed E-state index contributed by atoms with van der Waals surface area (Å²) in [6.07, 6.45) is 3.37. The number of amides is 1. The zero-order valence-corrected chi connectivity index (χ0v) is 10.3. The van der Waals surface area contributed by atoms with Gasteiger partial charge in [-0.25, -0.2) is 15.0 Å². The highest BCUT2D eigenvalue weighted by atomic mass is 35.5. The third-order valence-corrected chi connectivity index (χ3v) is 2.90. The molecular formula is C11H10ClN5O. The Morgan fingerprint density at radius 2 is 2.28 bits per heavy atom. The number of aromatic nitrogens is 4. The lowest BCUT2D eigenvalue weighted by molar-refractivity contribution is 0.0900. The minimum atomic E-state index is -0.167. The summed E-state index contributed by atoms with van der Waals surface area (Å²) >= 11 is 5.74. The van der Waals surface area contributed by atoms with Crippen LogP contribution in [0.1, 0.15) is 17.5 Å². The van der Waals surface area contributed by atoms with Gasteiger partial charge in [-0.1, -0.05) is 0 Å². The number of rotatable bonds is 1. The van der Waals surface area contributed by atoms with Gasteiger partial charge in [0.05, 0.1) is 5.69 Å². The van der Waals surface area contributed by atoms with E-state index in [-0.39, 0.29) is 17.2 Å². The molecule has 0 spiro atoms. The van der Waals surface area contributed by atoms with Gasteiger partial charge in [-0.2, -0.15) is 0 Å². The van der Waals surface area contributed by atoms with E-state index in [9.17, 15) is 4.79 Å². The van der Waals surface area contributed by atoms with E-state index in [2.05, 4.69) is 20.3 Å². The largest absolute Gasteiger partial charge is 0.345 e. The quantitative estimate of drug-likeness (QED) is 0.783. The van der Waals surface area contributed by atoms with Crippen LogP contribution in [0.5, 0.6) is 0 Å². The summed E-state index contributed by atoms with van der Waals surface area (Å²) in [5.41, 5.74) is 1.23. The molecule has 1 atom stereocenters. The first kappa shape index (κ1) is 11.2. The lowest BCUT2D eigenvalue weighted by atomic mass is 10.2. The predicted molar refractivity (Wildman–Crippen MR) is 65.2 cm³/mol. The smallest absolute Gasteiger partial charge is 0.287 e.